The molecule has 12 nitrogen and oxygen atoms in total. The summed E-state index contributed by atoms with van der Waals surface area (Å²) in [5.41, 5.74) is 9.04. The number of benzene rings is 1. The zero-order valence-electron chi connectivity index (χ0n) is 31.4. The Bertz CT molecular complexity index is 1820. The number of dihydropyridines is 2. The van der Waals surface area contributed by atoms with Crippen molar-refractivity contribution >= 4 is 46.7 Å². The third-order valence-electron chi connectivity index (χ3n) is 9.24. The lowest BCUT2D eigenvalue weighted by Crippen LogP contribution is -2.50. The minimum Gasteiger partial charge on any atom is -0.386 e. The summed E-state index contributed by atoms with van der Waals surface area (Å²) >= 11 is 12.7. The van der Waals surface area contributed by atoms with Gasteiger partial charge in [-0.1, -0.05) is 42.3 Å². The van der Waals surface area contributed by atoms with E-state index in [-0.39, 0.29) is 0 Å². The number of hydrogen-bond donors (Lipinski definition) is 7. The molecular formula is C40H54Cl2N12. The number of aliphatic imine (C=N–C) groups is 1. The van der Waals surface area contributed by atoms with Crippen molar-refractivity contribution in [1.82, 2.24) is 51.7 Å². The van der Waals surface area contributed by atoms with Crippen LogP contribution in [-0.2, 0) is 6.54 Å². The van der Waals surface area contributed by atoms with Gasteiger partial charge in [0.15, 0.2) is 0 Å². The molecule has 54 heavy (non-hydrogen) atoms. The fourth-order valence-corrected chi connectivity index (χ4v) is 6.96. The van der Waals surface area contributed by atoms with Crippen LogP contribution in [0.2, 0.25) is 5.02 Å². The minimum absolute atomic E-state index is 0.505. The molecule has 1 aromatic heterocycles. The van der Waals surface area contributed by atoms with Crippen LogP contribution in [0.4, 0.5) is 0 Å². The molecule has 0 spiro atoms. The second-order valence-electron chi connectivity index (χ2n) is 13.3. The van der Waals surface area contributed by atoms with E-state index in [2.05, 4.69) is 89.4 Å². The second-order valence-corrected chi connectivity index (χ2v) is 14.1. The summed E-state index contributed by atoms with van der Waals surface area (Å²) in [6.45, 7) is 17.7. The maximum Gasteiger partial charge on any atom is 0.0901 e. The fraction of sp³-hybridized carbons (Fsp3) is 0.400. The Balaban J connectivity index is 0.000000181. The average molecular weight is 774 g/mol. The summed E-state index contributed by atoms with van der Waals surface area (Å²) in [5, 5.41) is 29.5. The summed E-state index contributed by atoms with van der Waals surface area (Å²) in [5.74, 6) is 0. The Morgan fingerprint density at radius 3 is 2.20 bits per heavy atom. The fourth-order valence-electron chi connectivity index (χ4n) is 6.46. The topological polar surface area (TPSA) is 141 Å². The molecule has 5 aliphatic rings. The van der Waals surface area contributed by atoms with Crippen LogP contribution in [0.1, 0.15) is 32.3 Å². The van der Waals surface area contributed by atoms with Crippen molar-refractivity contribution in [3.8, 4) is 0 Å². The molecule has 1 unspecified atom stereocenters. The molecule has 1 aromatic carbocycles. The molecule has 4 aliphatic heterocycles. The van der Waals surface area contributed by atoms with Gasteiger partial charge < -0.3 is 47.1 Å². The van der Waals surface area contributed by atoms with Gasteiger partial charge in [-0.2, -0.15) is 0 Å². The van der Waals surface area contributed by atoms with Crippen LogP contribution in [0.15, 0.2) is 112 Å². The van der Waals surface area contributed by atoms with Gasteiger partial charge in [0.05, 0.1) is 33.8 Å². The van der Waals surface area contributed by atoms with Crippen molar-refractivity contribution in [2.75, 3.05) is 65.4 Å². The lowest BCUT2D eigenvalue weighted by Gasteiger charge is -2.37. The highest BCUT2D eigenvalue weighted by Crippen LogP contribution is 2.24. The number of hydrogen-bond acceptors (Lipinski definition) is 12. The Morgan fingerprint density at radius 1 is 0.926 bits per heavy atom. The SMILES string of the molecule is C=N/C=C\CC.CC1CN(C2=CCNC=C2NCC2=CCC(=N)C=C2Cl)CCN1.Clc1cc2nccnc2cc1CNC1=CNCC=C1N1CCNCC1. The van der Waals surface area contributed by atoms with E-state index in [0.29, 0.717) is 41.3 Å². The Hall–Kier alpha value is -4.62. The van der Waals surface area contributed by atoms with Gasteiger partial charge in [-0.25, -0.2) is 0 Å². The van der Waals surface area contributed by atoms with Gasteiger partial charge in [0.25, 0.3) is 0 Å². The quantitative estimate of drug-likeness (QED) is 0.167. The van der Waals surface area contributed by atoms with Crippen molar-refractivity contribution in [1.29, 1.82) is 5.41 Å². The van der Waals surface area contributed by atoms with Crippen LogP contribution < -0.4 is 31.9 Å². The Kier molecular flexibility index (Phi) is 16.0. The predicted octanol–water partition coefficient (Wildman–Crippen LogP) is 4.89. The Labute approximate surface area is 329 Å². The van der Waals surface area contributed by atoms with Gasteiger partial charge in [-0.05, 0) is 61.6 Å². The third kappa shape index (κ3) is 11.9. The standard InChI is InChI=1S/C18H21ClN6.C17H24ClN5.C5H9N/c19-14-10-16-15(22-3-4-23-16)9-13(14)11-24-17-12-21-2-1-18(17)25-7-5-20-6-8-25;1-12-11-23(7-6-21-12)17-4-5-20-10-16(17)22-9-13-2-3-14(19)8-15(13)18;1-3-4-5-6-2/h1,3-4,9-10,12,20-21,24H,2,5-8,11H2;2,4,8,10,12,19-22H,3,5-7,9,11H2,1H3;4-5H,2-3H2,1H3/b;;5-4-. The van der Waals surface area contributed by atoms with E-state index < -0.39 is 0 Å². The molecule has 7 N–H and O–H groups in total. The van der Waals surface area contributed by atoms with Crippen LogP contribution in [-0.4, -0.2) is 104 Å². The molecule has 1 aliphatic carbocycles. The highest BCUT2D eigenvalue weighted by molar-refractivity contribution is 6.34. The van der Waals surface area contributed by atoms with Crippen molar-refractivity contribution in [2.24, 2.45) is 4.99 Å². The largest absolute Gasteiger partial charge is 0.386 e. The predicted molar refractivity (Wildman–Crippen MR) is 225 cm³/mol. The average Bonchev–Trinajstić information content (AvgIpc) is 3.20. The summed E-state index contributed by atoms with van der Waals surface area (Å²) in [7, 11) is 0. The van der Waals surface area contributed by atoms with Crippen LogP contribution in [0.5, 0.6) is 0 Å². The van der Waals surface area contributed by atoms with Crippen molar-refractivity contribution in [3.63, 3.8) is 0 Å². The first-order chi connectivity index (χ1) is 26.4. The molecule has 7 rings (SSSR count). The number of halogens is 2. The van der Waals surface area contributed by atoms with Crippen LogP contribution in [0, 0.1) is 5.41 Å². The summed E-state index contributed by atoms with van der Waals surface area (Å²) in [4.78, 5) is 17.0. The maximum absolute atomic E-state index is 7.65. The van der Waals surface area contributed by atoms with Gasteiger partial charge >= 0.3 is 0 Å². The minimum atomic E-state index is 0.505. The molecular weight excluding hydrogens is 719 g/mol. The molecule has 0 radical (unpaired) electrons. The first-order valence-corrected chi connectivity index (χ1v) is 19.5. The molecule has 2 saturated heterocycles. The number of allylic oxidation sites excluding steroid dienone is 3. The highest BCUT2D eigenvalue weighted by Gasteiger charge is 2.22. The molecule has 288 valence electrons. The van der Waals surface area contributed by atoms with E-state index in [9.17, 15) is 0 Å². The third-order valence-corrected chi connectivity index (χ3v) is 9.94. The van der Waals surface area contributed by atoms with Crippen LogP contribution in [0.3, 0.4) is 0 Å². The van der Waals surface area contributed by atoms with E-state index in [1.165, 1.54) is 11.4 Å². The number of nitrogens with one attached hydrogen (secondary N) is 7. The highest BCUT2D eigenvalue weighted by atomic mass is 35.5. The first-order valence-electron chi connectivity index (χ1n) is 18.7. The molecule has 0 amide bonds. The van der Waals surface area contributed by atoms with Gasteiger partial charge in [-0.15, -0.1) is 0 Å². The number of fused-ring (bicyclic) bond motifs is 1. The van der Waals surface area contributed by atoms with Crippen molar-refractivity contribution < 1.29 is 0 Å². The van der Waals surface area contributed by atoms with Crippen molar-refractivity contribution in [3.05, 3.63) is 117 Å². The van der Waals surface area contributed by atoms with E-state index in [0.717, 1.165) is 98.9 Å². The van der Waals surface area contributed by atoms with E-state index in [1.807, 2.05) is 36.7 Å². The first kappa shape index (κ1) is 40.6. The van der Waals surface area contributed by atoms with Gasteiger partial charge in [-0.3, -0.25) is 15.0 Å². The van der Waals surface area contributed by atoms with E-state index >= 15 is 0 Å². The van der Waals surface area contributed by atoms with E-state index in [4.69, 9.17) is 28.6 Å². The van der Waals surface area contributed by atoms with Gasteiger partial charge in [0, 0.05) is 131 Å². The van der Waals surface area contributed by atoms with Crippen LogP contribution in [0.25, 0.3) is 11.0 Å². The number of nitrogens with zero attached hydrogens (tertiary/aromatic N) is 5. The van der Waals surface area contributed by atoms with Gasteiger partial charge in [0.1, 0.15) is 0 Å². The number of piperazine rings is 2. The molecule has 14 heteroatoms. The lowest BCUT2D eigenvalue weighted by atomic mass is 10.0. The summed E-state index contributed by atoms with van der Waals surface area (Å²) < 4.78 is 0. The lowest BCUT2D eigenvalue weighted by molar-refractivity contribution is 0.256. The molecule has 5 heterocycles. The maximum atomic E-state index is 7.65. The molecule has 2 aromatic rings. The number of aromatic nitrogens is 2. The zero-order chi connectivity index (χ0) is 38.1. The van der Waals surface area contributed by atoms with E-state index in [1.54, 1.807) is 24.7 Å². The Morgan fingerprint density at radius 2 is 1.57 bits per heavy atom. The number of rotatable bonds is 10. The smallest absolute Gasteiger partial charge is 0.0901 e. The second kappa shape index (κ2) is 21.3. The van der Waals surface area contributed by atoms with Gasteiger partial charge in [0.2, 0.25) is 0 Å². The van der Waals surface area contributed by atoms with Crippen molar-refractivity contribution in [2.45, 2.75) is 39.3 Å². The monoisotopic (exact) mass is 772 g/mol. The summed E-state index contributed by atoms with van der Waals surface area (Å²) in [6.07, 6.45) is 21.1. The molecule has 1 atom stereocenters. The molecule has 0 saturated carbocycles. The van der Waals surface area contributed by atoms with Crippen LogP contribution >= 0.6 is 23.2 Å². The molecule has 0 bridgehead atoms. The summed E-state index contributed by atoms with van der Waals surface area (Å²) in [6, 6.07) is 4.38. The molecule has 2 fully saturated rings. The normalized spacial score (nSPS) is 19.9. The zero-order valence-corrected chi connectivity index (χ0v) is 32.9.